The highest BCUT2D eigenvalue weighted by Crippen LogP contribution is 2.44. The minimum absolute atomic E-state index is 0.0341. The summed E-state index contributed by atoms with van der Waals surface area (Å²) in [6.07, 6.45) is -0.517. The van der Waals surface area contributed by atoms with Crippen molar-refractivity contribution in [2.75, 3.05) is 18.1 Å². The Morgan fingerprint density at radius 1 is 1.10 bits per heavy atom. The first-order valence-corrected chi connectivity index (χ1v) is 10.6. The van der Waals surface area contributed by atoms with Crippen molar-refractivity contribution in [3.63, 3.8) is 0 Å². The molecule has 1 aliphatic rings. The average molecular weight is 423 g/mol. The molecule has 1 heterocycles. The molecule has 0 aliphatic heterocycles. The van der Waals surface area contributed by atoms with E-state index in [4.69, 9.17) is 9.84 Å². The number of aromatic carboxylic acids is 1. The lowest BCUT2D eigenvalue weighted by atomic mass is 9.98. The quantitative estimate of drug-likeness (QED) is 0.587. The number of rotatable bonds is 6. The second-order valence-corrected chi connectivity index (χ2v) is 8.47. The summed E-state index contributed by atoms with van der Waals surface area (Å²) in [6.45, 7) is 4.56. The third kappa shape index (κ3) is 3.80. The zero-order valence-electron chi connectivity index (χ0n) is 16.7. The predicted molar refractivity (Wildman–Crippen MR) is 116 cm³/mol. The van der Waals surface area contributed by atoms with Crippen LogP contribution in [0, 0.1) is 5.92 Å². The van der Waals surface area contributed by atoms with Crippen molar-refractivity contribution in [2.45, 2.75) is 19.8 Å². The zero-order valence-corrected chi connectivity index (χ0v) is 17.6. The van der Waals surface area contributed by atoms with E-state index in [1.165, 1.54) is 21.4 Å². The maximum Gasteiger partial charge on any atom is 0.416 e. The number of amides is 1. The average Bonchev–Trinajstić information content (AvgIpc) is 3.34. The standard InChI is InChI=1S/C23H22N2O4S/c1-14(2)11-25(22-24-20(13-30-22)21(26)27)23(28)29-12-19-17-9-5-3-7-15(17)16-8-4-6-10-18(16)19/h3-10,13-14,19H,11-12H2,1-2H3,(H,26,27). The highest BCUT2D eigenvalue weighted by Gasteiger charge is 2.30. The SMILES string of the molecule is CC(C)CN(C(=O)OCC1c2ccccc2-c2ccccc21)c1nc(C(=O)O)cs1. The molecule has 0 saturated carbocycles. The maximum atomic E-state index is 13.0. The fourth-order valence-corrected chi connectivity index (χ4v) is 4.55. The molecule has 7 heteroatoms. The van der Waals surface area contributed by atoms with E-state index in [1.54, 1.807) is 0 Å². The third-order valence-electron chi connectivity index (χ3n) is 5.05. The Morgan fingerprint density at radius 2 is 1.70 bits per heavy atom. The molecule has 4 rings (SSSR count). The van der Waals surface area contributed by atoms with Gasteiger partial charge in [-0.25, -0.2) is 14.6 Å². The predicted octanol–water partition coefficient (Wildman–Crippen LogP) is 5.25. The first-order chi connectivity index (χ1) is 14.5. The van der Waals surface area contributed by atoms with Crippen molar-refractivity contribution >= 4 is 28.5 Å². The lowest BCUT2D eigenvalue weighted by molar-refractivity contribution is 0.0691. The number of carboxylic acid groups (broad SMARTS) is 1. The highest BCUT2D eigenvalue weighted by molar-refractivity contribution is 7.14. The molecular weight excluding hydrogens is 400 g/mol. The topological polar surface area (TPSA) is 79.7 Å². The number of carbonyl (C=O) groups excluding carboxylic acids is 1. The molecule has 0 radical (unpaired) electrons. The Kier molecular flexibility index (Phi) is 5.55. The monoisotopic (exact) mass is 422 g/mol. The number of carboxylic acids is 1. The number of carbonyl (C=O) groups is 2. The molecule has 0 saturated heterocycles. The van der Waals surface area contributed by atoms with Crippen LogP contribution in [0.1, 0.15) is 41.4 Å². The Bertz CT molecular complexity index is 1050. The number of thiazole rings is 1. The van der Waals surface area contributed by atoms with Crippen molar-refractivity contribution in [3.8, 4) is 11.1 Å². The summed E-state index contributed by atoms with van der Waals surface area (Å²) in [5.74, 6) is -0.981. The molecule has 1 aliphatic carbocycles. The van der Waals surface area contributed by atoms with E-state index in [0.717, 1.165) is 22.5 Å². The summed E-state index contributed by atoms with van der Waals surface area (Å²) in [5.41, 5.74) is 4.54. The molecule has 0 bridgehead atoms. The van der Waals surface area contributed by atoms with Gasteiger partial charge >= 0.3 is 12.1 Å². The van der Waals surface area contributed by atoms with E-state index in [9.17, 15) is 9.59 Å². The molecule has 2 aromatic carbocycles. The molecule has 0 unspecified atom stereocenters. The van der Waals surface area contributed by atoms with E-state index >= 15 is 0 Å². The van der Waals surface area contributed by atoms with Crippen LogP contribution in [-0.4, -0.2) is 35.3 Å². The summed E-state index contributed by atoms with van der Waals surface area (Å²) >= 11 is 1.12. The Balaban J connectivity index is 1.55. The zero-order chi connectivity index (χ0) is 21.3. The van der Waals surface area contributed by atoms with E-state index in [1.807, 2.05) is 38.1 Å². The molecule has 6 nitrogen and oxygen atoms in total. The normalized spacial score (nSPS) is 12.5. The number of hydrogen-bond acceptors (Lipinski definition) is 5. The van der Waals surface area contributed by atoms with Gasteiger partial charge in [-0.15, -0.1) is 11.3 Å². The summed E-state index contributed by atoms with van der Waals surface area (Å²) in [5, 5.41) is 10.9. The molecule has 1 N–H and O–H groups in total. The lowest BCUT2D eigenvalue weighted by Gasteiger charge is -2.23. The molecule has 1 aromatic heterocycles. The van der Waals surface area contributed by atoms with Gasteiger partial charge < -0.3 is 9.84 Å². The molecule has 0 atom stereocenters. The molecule has 1 amide bonds. The van der Waals surface area contributed by atoms with E-state index in [0.29, 0.717) is 11.7 Å². The fourth-order valence-electron chi connectivity index (χ4n) is 3.75. The first kappa shape index (κ1) is 20.1. The van der Waals surface area contributed by atoms with E-state index in [-0.39, 0.29) is 24.1 Å². The second kappa shape index (κ2) is 8.28. The molecule has 154 valence electrons. The van der Waals surface area contributed by atoms with Crippen molar-refractivity contribution in [1.29, 1.82) is 0 Å². The van der Waals surface area contributed by atoms with Crippen LogP contribution in [0.5, 0.6) is 0 Å². The van der Waals surface area contributed by atoms with Gasteiger partial charge in [0.1, 0.15) is 6.61 Å². The molecule has 0 fully saturated rings. The van der Waals surface area contributed by atoms with Crippen LogP contribution < -0.4 is 4.90 Å². The van der Waals surface area contributed by atoms with Crippen LogP contribution in [0.2, 0.25) is 0 Å². The molecule has 3 aromatic rings. The summed E-state index contributed by atoms with van der Waals surface area (Å²) in [6, 6.07) is 16.3. The van der Waals surface area contributed by atoms with Crippen LogP contribution in [0.25, 0.3) is 11.1 Å². The number of nitrogens with zero attached hydrogens (tertiary/aromatic N) is 2. The third-order valence-corrected chi connectivity index (χ3v) is 5.91. The second-order valence-electron chi connectivity index (χ2n) is 7.63. The van der Waals surface area contributed by atoms with Crippen molar-refractivity contribution in [1.82, 2.24) is 4.98 Å². The van der Waals surface area contributed by atoms with E-state index in [2.05, 4.69) is 29.2 Å². The highest BCUT2D eigenvalue weighted by atomic mass is 32.1. The Labute approximate surface area is 178 Å². The van der Waals surface area contributed by atoms with Crippen molar-refractivity contribution < 1.29 is 19.4 Å². The van der Waals surface area contributed by atoms with Crippen LogP contribution in [0.15, 0.2) is 53.9 Å². The van der Waals surface area contributed by atoms with Gasteiger partial charge in [-0.2, -0.15) is 0 Å². The van der Waals surface area contributed by atoms with Gasteiger partial charge in [0.15, 0.2) is 10.8 Å². The van der Waals surface area contributed by atoms with Crippen LogP contribution in [-0.2, 0) is 4.74 Å². The number of benzene rings is 2. The van der Waals surface area contributed by atoms with Crippen molar-refractivity contribution in [2.24, 2.45) is 5.92 Å². The summed E-state index contributed by atoms with van der Waals surface area (Å²) < 4.78 is 5.73. The molecule has 30 heavy (non-hydrogen) atoms. The smallest absolute Gasteiger partial charge is 0.416 e. The summed E-state index contributed by atoms with van der Waals surface area (Å²) in [7, 11) is 0. The minimum atomic E-state index is -1.12. The number of aromatic nitrogens is 1. The minimum Gasteiger partial charge on any atom is -0.476 e. The lowest BCUT2D eigenvalue weighted by Crippen LogP contribution is -2.35. The number of anilines is 1. The summed E-state index contributed by atoms with van der Waals surface area (Å²) in [4.78, 5) is 29.6. The Morgan fingerprint density at radius 3 is 2.23 bits per heavy atom. The van der Waals surface area contributed by atoms with Gasteiger partial charge in [-0.05, 0) is 28.2 Å². The van der Waals surface area contributed by atoms with Gasteiger partial charge in [0.25, 0.3) is 0 Å². The van der Waals surface area contributed by atoms with Gasteiger partial charge in [0.05, 0.1) is 0 Å². The van der Waals surface area contributed by atoms with Crippen LogP contribution >= 0.6 is 11.3 Å². The number of fused-ring (bicyclic) bond motifs is 3. The first-order valence-electron chi connectivity index (χ1n) is 9.77. The molecule has 0 spiro atoms. The largest absolute Gasteiger partial charge is 0.476 e. The van der Waals surface area contributed by atoms with Crippen LogP contribution in [0.4, 0.5) is 9.93 Å². The van der Waals surface area contributed by atoms with Gasteiger partial charge in [-0.1, -0.05) is 62.4 Å². The van der Waals surface area contributed by atoms with E-state index < -0.39 is 12.1 Å². The van der Waals surface area contributed by atoms with Gasteiger partial charge in [-0.3, -0.25) is 4.90 Å². The van der Waals surface area contributed by atoms with Crippen molar-refractivity contribution in [3.05, 3.63) is 70.7 Å². The Hall–Kier alpha value is -3.19. The number of hydrogen-bond donors (Lipinski definition) is 1. The van der Waals surface area contributed by atoms with Crippen LogP contribution in [0.3, 0.4) is 0 Å². The van der Waals surface area contributed by atoms with Gasteiger partial charge in [0, 0.05) is 17.8 Å². The molecular formula is C23H22N2O4S. The maximum absolute atomic E-state index is 13.0. The van der Waals surface area contributed by atoms with Gasteiger partial charge in [0.2, 0.25) is 0 Å². The fraction of sp³-hybridized carbons (Fsp3) is 0.261. The number of ether oxygens (including phenoxy) is 1.